The SMILES string of the molecule is CSc1nccnc1OCC(=O)N1CCC(c2nc(C3=NOC(c4ccccc4Cl)C3)cs2)CC1. The van der Waals surface area contributed by atoms with Gasteiger partial charge < -0.3 is 14.5 Å². The van der Waals surface area contributed by atoms with E-state index in [-0.39, 0.29) is 18.6 Å². The number of thiazole rings is 1. The third-order valence-corrected chi connectivity index (χ3v) is 8.11. The van der Waals surface area contributed by atoms with Gasteiger partial charge in [0.25, 0.3) is 5.91 Å². The highest BCUT2D eigenvalue weighted by Gasteiger charge is 2.29. The van der Waals surface area contributed by atoms with E-state index in [1.165, 1.54) is 11.8 Å². The molecule has 1 aromatic carbocycles. The summed E-state index contributed by atoms with van der Waals surface area (Å²) >= 11 is 9.40. The highest BCUT2D eigenvalue weighted by molar-refractivity contribution is 7.98. The fourth-order valence-electron chi connectivity index (χ4n) is 4.19. The van der Waals surface area contributed by atoms with Crippen LogP contribution >= 0.6 is 34.7 Å². The van der Waals surface area contributed by atoms with E-state index in [1.54, 1.807) is 23.7 Å². The molecular formula is C24H24ClN5O3S2. The monoisotopic (exact) mass is 529 g/mol. The summed E-state index contributed by atoms with van der Waals surface area (Å²) in [5, 5.41) is 8.76. The Labute approximate surface area is 216 Å². The highest BCUT2D eigenvalue weighted by atomic mass is 35.5. The molecule has 0 bridgehead atoms. The minimum Gasteiger partial charge on any atom is -0.466 e. The summed E-state index contributed by atoms with van der Waals surface area (Å²) in [7, 11) is 0. The van der Waals surface area contributed by atoms with Crippen LogP contribution in [0.4, 0.5) is 0 Å². The number of halogens is 1. The van der Waals surface area contributed by atoms with E-state index >= 15 is 0 Å². The van der Waals surface area contributed by atoms with E-state index < -0.39 is 0 Å². The molecule has 2 aliphatic heterocycles. The number of nitrogens with zero attached hydrogens (tertiary/aromatic N) is 5. The minimum atomic E-state index is -0.186. The predicted octanol–water partition coefficient (Wildman–Crippen LogP) is 4.96. The molecular weight excluding hydrogens is 506 g/mol. The third-order valence-electron chi connectivity index (χ3n) is 6.09. The zero-order valence-electron chi connectivity index (χ0n) is 19.1. The summed E-state index contributed by atoms with van der Waals surface area (Å²) in [5.74, 6) is 0.683. The van der Waals surface area contributed by atoms with E-state index in [2.05, 4.69) is 15.1 Å². The number of benzene rings is 1. The van der Waals surface area contributed by atoms with Crippen LogP contribution in [0.15, 0.2) is 52.2 Å². The Morgan fingerprint density at radius 1 is 1.26 bits per heavy atom. The van der Waals surface area contributed by atoms with Crippen LogP contribution < -0.4 is 4.74 Å². The molecule has 0 aliphatic carbocycles. The molecule has 1 saturated heterocycles. The second-order valence-corrected chi connectivity index (χ2v) is 10.3. The average Bonchev–Trinajstić information content (AvgIpc) is 3.58. The second-order valence-electron chi connectivity index (χ2n) is 8.24. The van der Waals surface area contributed by atoms with Gasteiger partial charge in [-0.25, -0.2) is 15.0 Å². The number of oxime groups is 1. The largest absolute Gasteiger partial charge is 0.466 e. The first-order valence-electron chi connectivity index (χ1n) is 11.3. The number of carbonyl (C=O) groups excluding carboxylic acids is 1. The first kappa shape index (κ1) is 24.0. The van der Waals surface area contributed by atoms with Crippen LogP contribution in [0.5, 0.6) is 5.88 Å². The zero-order valence-corrected chi connectivity index (χ0v) is 21.5. The molecule has 0 N–H and O–H groups in total. The molecule has 1 unspecified atom stereocenters. The quantitative estimate of drug-likeness (QED) is 0.399. The smallest absolute Gasteiger partial charge is 0.260 e. The molecule has 182 valence electrons. The maximum Gasteiger partial charge on any atom is 0.260 e. The maximum absolute atomic E-state index is 12.7. The minimum absolute atomic E-state index is 0.0370. The van der Waals surface area contributed by atoms with Crippen LogP contribution in [0, 0.1) is 0 Å². The molecule has 35 heavy (non-hydrogen) atoms. The van der Waals surface area contributed by atoms with Crippen molar-refractivity contribution in [2.75, 3.05) is 26.0 Å². The van der Waals surface area contributed by atoms with Gasteiger partial charge in [0.1, 0.15) is 5.71 Å². The van der Waals surface area contributed by atoms with Gasteiger partial charge in [-0.05, 0) is 25.2 Å². The molecule has 5 rings (SSSR count). The van der Waals surface area contributed by atoms with Crippen LogP contribution in [-0.2, 0) is 9.63 Å². The van der Waals surface area contributed by atoms with Crippen molar-refractivity contribution in [1.29, 1.82) is 0 Å². The van der Waals surface area contributed by atoms with Gasteiger partial charge in [-0.3, -0.25) is 4.79 Å². The molecule has 4 heterocycles. The topological polar surface area (TPSA) is 89.8 Å². The van der Waals surface area contributed by atoms with Crippen LogP contribution in [0.3, 0.4) is 0 Å². The van der Waals surface area contributed by atoms with Crippen molar-refractivity contribution < 1.29 is 14.4 Å². The number of thioether (sulfide) groups is 1. The summed E-state index contributed by atoms with van der Waals surface area (Å²) < 4.78 is 5.63. The van der Waals surface area contributed by atoms with Gasteiger partial charge in [0, 0.05) is 53.8 Å². The normalized spacial score (nSPS) is 18.3. The lowest BCUT2D eigenvalue weighted by atomic mass is 9.97. The molecule has 0 saturated carbocycles. The van der Waals surface area contributed by atoms with E-state index in [0.29, 0.717) is 41.4 Å². The Kier molecular flexibility index (Phi) is 7.50. The highest BCUT2D eigenvalue weighted by Crippen LogP contribution is 2.35. The number of likely N-dealkylation sites (tertiary alicyclic amines) is 1. The Bertz CT molecular complexity index is 1230. The Morgan fingerprint density at radius 2 is 2.06 bits per heavy atom. The van der Waals surface area contributed by atoms with Crippen molar-refractivity contribution in [3.05, 3.63) is 63.3 Å². The number of aromatic nitrogens is 3. The maximum atomic E-state index is 12.7. The summed E-state index contributed by atoms with van der Waals surface area (Å²) in [6.45, 7) is 1.32. The van der Waals surface area contributed by atoms with Crippen LogP contribution in [-0.4, -0.2) is 57.4 Å². The molecule has 8 nitrogen and oxygen atoms in total. The lowest BCUT2D eigenvalue weighted by Gasteiger charge is -2.31. The molecule has 2 aromatic heterocycles. The van der Waals surface area contributed by atoms with Gasteiger partial charge in [-0.2, -0.15) is 0 Å². The number of amides is 1. The Balaban J connectivity index is 1.13. The molecule has 1 atom stereocenters. The van der Waals surface area contributed by atoms with Gasteiger partial charge in [0.05, 0.1) is 10.7 Å². The van der Waals surface area contributed by atoms with Crippen LogP contribution in [0.1, 0.15) is 47.5 Å². The predicted molar refractivity (Wildman–Crippen MR) is 136 cm³/mol. The van der Waals surface area contributed by atoms with E-state index in [1.807, 2.05) is 40.8 Å². The van der Waals surface area contributed by atoms with Gasteiger partial charge in [-0.15, -0.1) is 23.1 Å². The van der Waals surface area contributed by atoms with Crippen molar-refractivity contribution in [3.63, 3.8) is 0 Å². The lowest BCUT2D eigenvalue weighted by molar-refractivity contribution is -0.134. The van der Waals surface area contributed by atoms with E-state index in [4.69, 9.17) is 26.2 Å². The number of rotatable bonds is 7. The van der Waals surface area contributed by atoms with Crippen molar-refractivity contribution >= 4 is 46.3 Å². The average molecular weight is 530 g/mol. The van der Waals surface area contributed by atoms with Gasteiger partial charge in [-0.1, -0.05) is 35.0 Å². The number of piperidine rings is 1. The van der Waals surface area contributed by atoms with Crippen LogP contribution in [0.2, 0.25) is 5.02 Å². The van der Waals surface area contributed by atoms with Crippen molar-refractivity contribution in [2.24, 2.45) is 5.16 Å². The lowest BCUT2D eigenvalue weighted by Crippen LogP contribution is -2.40. The number of carbonyl (C=O) groups is 1. The van der Waals surface area contributed by atoms with E-state index in [9.17, 15) is 4.79 Å². The zero-order chi connectivity index (χ0) is 24.2. The van der Waals surface area contributed by atoms with Gasteiger partial charge in [0.15, 0.2) is 17.7 Å². The standard InChI is InChI=1S/C24H24ClN5O3S2/c1-34-24-22(26-8-9-27-24)32-13-21(31)30-10-6-15(7-11-30)23-28-19(14-35-23)18-12-20(33-29-18)16-4-2-3-5-17(16)25/h2-5,8-9,14-15,20H,6-7,10-13H2,1H3. The Hall–Kier alpha value is -2.69. The van der Waals surface area contributed by atoms with Crippen molar-refractivity contribution in [2.45, 2.75) is 36.3 Å². The Morgan fingerprint density at radius 3 is 2.86 bits per heavy atom. The number of hydrogen-bond acceptors (Lipinski definition) is 9. The molecule has 0 radical (unpaired) electrons. The molecule has 3 aromatic rings. The van der Waals surface area contributed by atoms with Gasteiger partial charge >= 0.3 is 0 Å². The fourth-order valence-corrected chi connectivity index (χ4v) is 5.90. The summed E-state index contributed by atoms with van der Waals surface area (Å²) in [6, 6.07) is 7.68. The van der Waals surface area contributed by atoms with Gasteiger partial charge in [0.2, 0.25) is 5.88 Å². The molecule has 11 heteroatoms. The molecule has 2 aliphatic rings. The second kappa shape index (κ2) is 10.9. The van der Waals surface area contributed by atoms with E-state index in [0.717, 1.165) is 34.8 Å². The first-order chi connectivity index (χ1) is 17.1. The first-order valence-corrected chi connectivity index (χ1v) is 13.8. The number of hydrogen-bond donors (Lipinski definition) is 0. The summed E-state index contributed by atoms with van der Waals surface area (Å²) in [4.78, 5) is 33.4. The molecule has 1 fully saturated rings. The fraction of sp³-hybridized carbons (Fsp3) is 0.375. The number of ether oxygens (including phenoxy) is 1. The third kappa shape index (κ3) is 5.44. The summed E-state index contributed by atoms with van der Waals surface area (Å²) in [6.07, 6.45) is 7.26. The van der Waals surface area contributed by atoms with Crippen LogP contribution in [0.25, 0.3) is 0 Å². The molecule has 1 amide bonds. The summed E-state index contributed by atoms with van der Waals surface area (Å²) in [5.41, 5.74) is 2.64. The van der Waals surface area contributed by atoms with Crippen molar-refractivity contribution in [3.8, 4) is 5.88 Å². The molecule has 0 spiro atoms. The van der Waals surface area contributed by atoms with Crippen molar-refractivity contribution in [1.82, 2.24) is 19.9 Å².